The Morgan fingerprint density at radius 1 is 0.818 bits per heavy atom. The third-order valence-corrected chi connectivity index (χ3v) is 8.66. The first-order valence-corrected chi connectivity index (χ1v) is 14.2. The summed E-state index contributed by atoms with van der Waals surface area (Å²) >= 11 is 11.5. The maximum Gasteiger partial charge on any atom is 0.271 e. The Morgan fingerprint density at radius 3 is 1.61 bits per heavy atom. The van der Waals surface area contributed by atoms with Gasteiger partial charge in [-0.3, -0.25) is 9.59 Å². The molecule has 0 aliphatic heterocycles. The van der Waals surface area contributed by atoms with Crippen LogP contribution in [0.1, 0.15) is 31.8 Å². The molecule has 11 heteroatoms. The summed E-state index contributed by atoms with van der Waals surface area (Å²) in [6.07, 6.45) is 7.16. The first-order chi connectivity index (χ1) is 15.9. The molecule has 1 heterocycles. The van der Waals surface area contributed by atoms with Crippen LogP contribution in [0.25, 0.3) is 0 Å². The van der Waals surface area contributed by atoms with E-state index in [2.05, 4.69) is 52.9 Å². The molecule has 0 atom stereocenters. The number of halogens is 2. The number of hydrogen-bond acceptors (Lipinski definition) is 7. The van der Waals surface area contributed by atoms with Crippen molar-refractivity contribution in [2.45, 2.75) is 8.42 Å². The number of carbonyl (C=O) groups excluding carboxylic acids is 2. The molecule has 0 saturated carbocycles. The first-order valence-electron chi connectivity index (χ1n) is 9.35. The van der Waals surface area contributed by atoms with E-state index >= 15 is 0 Å². The van der Waals surface area contributed by atoms with Gasteiger partial charge in [-0.05, 0) is 48.9 Å². The number of hydrogen-bond donors (Lipinski definition) is 2. The molecular formula is C22H18Br2N4O2S3. The van der Waals surface area contributed by atoms with E-state index in [0.29, 0.717) is 11.1 Å². The van der Waals surface area contributed by atoms with Crippen molar-refractivity contribution in [3.05, 3.63) is 79.7 Å². The molecule has 0 spiro atoms. The number of thioether (sulfide) groups is 2. The fourth-order valence-corrected chi connectivity index (χ4v) is 6.26. The van der Waals surface area contributed by atoms with Crippen molar-refractivity contribution in [3.63, 3.8) is 0 Å². The van der Waals surface area contributed by atoms with Crippen molar-refractivity contribution < 1.29 is 9.59 Å². The van der Waals surface area contributed by atoms with Crippen LogP contribution in [-0.2, 0) is 0 Å². The number of amides is 2. The summed E-state index contributed by atoms with van der Waals surface area (Å²) in [6.45, 7) is 0. The third kappa shape index (κ3) is 7.03. The fourth-order valence-electron chi connectivity index (χ4n) is 2.66. The molecule has 3 rings (SSSR count). The minimum Gasteiger partial charge on any atom is -0.267 e. The number of carbonyl (C=O) groups is 2. The van der Waals surface area contributed by atoms with Gasteiger partial charge in [-0.25, -0.2) is 10.9 Å². The topological polar surface area (TPSA) is 82.9 Å². The van der Waals surface area contributed by atoms with Crippen LogP contribution in [0.3, 0.4) is 0 Å². The van der Waals surface area contributed by atoms with E-state index in [1.165, 1.54) is 0 Å². The largest absolute Gasteiger partial charge is 0.271 e. The van der Waals surface area contributed by atoms with Crippen LogP contribution in [0.5, 0.6) is 0 Å². The molecule has 0 fully saturated rings. The minimum absolute atomic E-state index is 0.310. The third-order valence-electron chi connectivity index (χ3n) is 4.18. The quantitative estimate of drug-likeness (QED) is 0.176. The average molecular weight is 626 g/mol. The first kappa shape index (κ1) is 25.7. The lowest BCUT2D eigenvalue weighted by Gasteiger charge is -2.02. The Hall–Kier alpha value is -1.92. The van der Waals surface area contributed by atoms with Gasteiger partial charge in [0.15, 0.2) is 0 Å². The SMILES string of the molecule is CSc1sc(SC)c(/C=N\NC(=O)c2cccc(Br)c2)c1/C=N\NC(=O)c1cccc(Br)c1. The molecule has 3 aromatic rings. The minimum atomic E-state index is -0.310. The number of benzene rings is 2. The second kappa shape index (κ2) is 12.5. The lowest BCUT2D eigenvalue weighted by atomic mass is 10.2. The molecule has 2 aromatic carbocycles. The van der Waals surface area contributed by atoms with Crippen molar-refractivity contribution >= 4 is 91.0 Å². The van der Waals surface area contributed by atoms with E-state index in [4.69, 9.17) is 0 Å². The zero-order valence-corrected chi connectivity index (χ0v) is 23.1. The van der Waals surface area contributed by atoms with E-state index in [1.807, 2.05) is 24.6 Å². The van der Waals surface area contributed by atoms with Gasteiger partial charge in [0.2, 0.25) is 0 Å². The molecule has 2 N–H and O–H groups in total. The molecule has 33 heavy (non-hydrogen) atoms. The highest BCUT2D eigenvalue weighted by Crippen LogP contribution is 2.38. The Kier molecular flexibility index (Phi) is 9.75. The van der Waals surface area contributed by atoms with Gasteiger partial charge in [-0.2, -0.15) is 10.2 Å². The van der Waals surface area contributed by atoms with Crippen molar-refractivity contribution in [1.29, 1.82) is 0 Å². The highest BCUT2D eigenvalue weighted by molar-refractivity contribution is 9.10. The predicted molar refractivity (Wildman–Crippen MR) is 146 cm³/mol. The number of nitrogens with one attached hydrogen (secondary N) is 2. The van der Waals surface area contributed by atoms with E-state index < -0.39 is 0 Å². The van der Waals surface area contributed by atoms with Gasteiger partial charge >= 0.3 is 0 Å². The van der Waals surface area contributed by atoms with E-state index in [0.717, 1.165) is 28.5 Å². The van der Waals surface area contributed by atoms with Crippen LogP contribution in [-0.4, -0.2) is 36.8 Å². The molecule has 2 amide bonds. The summed E-state index contributed by atoms with van der Waals surface area (Å²) in [5.74, 6) is -0.620. The van der Waals surface area contributed by atoms with Crippen LogP contribution < -0.4 is 10.9 Å². The summed E-state index contributed by atoms with van der Waals surface area (Å²) in [7, 11) is 0. The van der Waals surface area contributed by atoms with Crippen LogP contribution >= 0.6 is 66.7 Å². The van der Waals surface area contributed by atoms with E-state index in [-0.39, 0.29) is 11.8 Å². The van der Waals surface area contributed by atoms with Crippen molar-refractivity contribution in [2.75, 3.05) is 12.5 Å². The van der Waals surface area contributed by atoms with E-state index in [1.54, 1.807) is 83.7 Å². The monoisotopic (exact) mass is 624 g/mol. The standard InChI is InChI=1S/C22H18Br2N4O2S3/c1-31-21-17(11-25-27-19(29)13-5-3-7-15(23)9-13)18(22(32-2)33-21)12-26-28-20(30)14-6-4-8-16(24)10-14/h3-12H,1-2H3,(H,27,29)(H,28,30)/b25-11-,26-12-. The Bertz CT molecular complexity index is 1140. The van der Waals surface area contributed by atoms with Crippen LogP contribution in [0, 0.1) is 0 Å². The van der Waals surface area contributed by atoms with Crippen molar-refractivity contribution in [3.8, 4) is 0 Å². The number of hydrazone groups is 2. The number of rotatable bonds is 8. The van der Waals surface area contributed by atoms with Crippen molar-refractivity contribution in [1.82, 2.24) is 10.9 Å². The van der Waals surface area contributed by atoms with Gasteiger partial charge in [-0.1, -0.05) is 44.0 Å². The van der Waals surface area contributed by atoms with Gasteiger partial charge < -0.3 is 0 Å². The average Bonchev–Trinajstić information content (AvgIpc) is 3.15. The molecule has 0 bridgehead atoms. The van der Waals surface area contributed by atoms with E-state index in [9.17, 15) is 9.59 Å². The summed E-state index contributed by atoms with van der Waals surface area (Å²) in [5.41, 5.74) is 7.77. The van der Waals surface area contributed by atoms with Crippen LogP contribution in [0.15, 0.2) is 76.1 Å². The molecule has 0 unspecified atom stereocenters. The number of thiophene rings is 1. The summed E-state index contributed by atoms with van der Waals surface area (Å²) in [5, 5.41) is 8.31. The lowest BCUT2D eigenvalue weighted by Crippen LogP contribution is -2.18. The molecule has 6 nitrogen and oxygen atoms in total. The van der Waals surface area contributed by atoms with Gasteiger partial charge in [0.05, 0.1) is 20.8 Å². The predicted octanol–water partition coefficient (Wildman–Crippen LogP) is 6.24. The summed E-state index contributed by atoms with van der Waals surface area (Å²) in [4.78, 5) is 24.7. The summed E-state index contributed by atoms with van der Waals surface area (Å²) in [6, 6.07) is 14.1. The van der Waals surface area contributed by atoms with Gasteiger partial charge in [0.1, 0.15) is 0 Å². The van der Waals surface area contributed by atoms with Crippen LogP contribution in [0.2, 0.25) is 0 Å². The molecule has 0 saturated heterocycles. The maximum absolute atomic E-state index is 12.4. The second-order valence-corrected chi connectivity index (χ2v) is 11.3. The Labute approximate surface area is 221 Å². The normalized spacial score (nSPS) is 11.3. The highest BCUT2D eigenvalue weighted by Gasteiger charge is 2.15. The zero-order chi connectivity index (χ0) is 23.8. The maximum atomic E-state index is 12.4. The molecule has 170 valence electrons. The van der Waals surface area contributed by atoms with Crippen LogP contribution in [0.4, 0.5) is 0 Å². The van der Waals surface area contributed by atoms with Gasteiger partial charge in [0, 0.05) is 31.2 Å². The Morgan fingerprint density at radius 2 is 1.24 bits per heavy atom. The van der Waals surface area contributed by atoms with Crippen molar-refractivity contribution in [2.24, 2.45) is 10.2 Å². The number of nitrogens with zero attached hydrogens (tertiary/aromatic N) is 2. The Balaban J connectivity index is 1.78. The molecule has 0 aliphatic rings. The summed E-state index contributed by atoms with van der Waals surface area (Å²) < 4.78 is 3.68. The lowest BCUT2D eigenvalue weighted by molar-refractivity contribution is 0.0947. The van der Waals surface area contributed by atoms with Gasteiger partial charge in [0.25, 0.3) is 11.8 Å². The zero-order valence-electron chi connectivity index (χ0n) is 17.5. The smallest absolute Gasteiger partial charge is 0.267 e. The molecule has 0 radical (unpaired) electrons. The fraction of sp³-hybridized carbons (Fsp3) is 0.0909. The van der Waals surface area contributed by atoms with Gasteiger partial charge in [-0.15, -0.1) is 34.9 Å². The second-order valence-electron chi connectivity index (χ2n) is 6.33. The molecular weight excluding hydrogens is 608 g/mol. The molecule has 0 aliphatic carbocycles. The highest BCUT2D eigenvalue weighted by atomic mass is 79.9. The molecule has 1 aromatic heterocycles.